The number of methoxy groups -OCH3 is 1. The van der Waals surface area contributed by atoms with Gasteiger partial charge in [-0.3, -0.25) is 4.79 Å². The molecule has 1 aromatic rings. The fraction of sp³-hybridized carbons (Fsp3) is 0.632. The molecule has 0 radical (unpaired) electrons. The lowest BCUT2D eigenvalue weighted by molar-refractivity contribution is -0.139. The van der Waals surface area contributed by atoms with Crippen molar-refractivity contribution >= 4 is 5.97 Å². The van der Waals surface area contributed by atoms with Crippen LogP contribution in [0.3, 0.4) is 0 Å². The van der Waals surface area contributed by atoms with Gasteiger partial charge < -0.3 is 9.84 Å². The topological polar surface area (TPSA) is 46.5 Å². The van der Waals surface area contributed by atoms with E-state index in [1.165, 1.54) is 45.6 Å². The normalized spacial score (nSPS) is 35.6. The summed E-state index contributed by atoms with van der Waals surface area (Å²) in [5, 5.41) is 10.5. The van der Waals surface area contributed by atoms with Crippen molar-refractivity contribution in [3.05, 3.63) is 29.3 Å². The Hall–Kier alpha value is -1.51. The maximum atomic E-state index is 11.5. The molecule has 0 amide bonds. The van der Waals surface area contributed by atoms with E-state index in [0.717, 1.165) is 28.9 Å². The SMILES string of the molecule is COC(=O)Cc1ccc(O)c(C23CC4CC(CC(C4)C2)C3)c1. The average molecular weight is 300 g/mol. The van der Waals surface area contributed by atoms with Gasteiger partial charge in [-0.05, 0) is 73.3 Å². The lowest BCUT2D eigenvalue weighted by atomic mass is 9.48. The molecular weight excluding hydrogens is 276 g/mol. The second kappa shape index (κ2) is 5.00. The van der Waals surface area contributed by atoms with Crippen LogP contribution in [0.25, 0.3) is 0 Å². The zero-order valence-corrected chi connectivity index (χ0v) is 13.2. The molecule has 118 valence electrons. The molecule has 4 saturated carbocycles. The van der Waals surface area contributed by atoms with E-state index in [0.29, 0.717) is 5.75 Å². The van der Waals surface area contributed by atoms with E-state index >= 15 is 0 Å². The minimum absolute atomic E-state index is 0.158. The predicted molar refractivity (Wildman–Crippen MR) is 83.7 cm³/mol. The van der Waals surface area contributed by atoms with Crippen LogP contribution in [-0.4, -0.2) is 18.2 Å². The highest BCUT2D eigenvalue weighted by molar-refractivity contribution is 5.72. The quantitative estimate of drug-likeness (QED) is 0.868. The summed E-state index contributed by atoms with van der Waals surface area (Å²) in [6, 6.07) is 5.68. The minimum Gasteiger partial charge on any atom is -0.508 e. The molecule has 3 nitrogen and oxygen atoms in total. The number of ether oxygens (including phenoxy) is 1. The molecular formula is C19H24O3. The maximum Gasteiger partial charge on any atom is 0.309 e. The second-order valence-corrected chi connectivity index (χ2v) is 7.80. The molecule has 4 aliphatic carbocycles. The zero-order valence-electron chi connectivity index (χ0n) is 13.2. The number of esters is 1. The molecule has 1 aromatic carbocycles. The van der Waals surface area contributed by atoms with E-state index in [-0.39, 0.29) is 17.8 Å². The Morgan fingerprint density at radius 2 is 1.77 bits per heavy atom. The smallest absolute Gasteiger partial charge is 0.309 e. The van der Waals surface area contributed by atoms with Crippen LogP contribution in [-0.2, 0) is 21.4 Å². The van der Waals surface area contributed by atoms with Crippen LogP contribution >= 0.6 is 0 Å². The third kappa shape index (κ3) is 2.22. The molecule has 5 rings (SSSR count). The summed E-state index contributed by atoms with van der Waals surface area (Å²) in [6.07, 6.45) is 8.11. The summed E-state index contributed by atoms with van der Waals surface area (Å²) in [4.78, 5) is 11.5. The van der Waals surface area contributed by atoms with Crippen LogP contribution in [0.2, 0.25) is 0 Å². The second-order valence-electron chi connectivity index (χ2n) is 7.80. The number of phenols is 1. The Kier molecular flexibility index (Phi) is 3.21. The highest BCUT2D eigenvalue weighted by atomic mass is 16.5. The number of carbonyl (C=O) groups excluding carboxylic acids is 1. The summed E-state index contributed by atoms with van der Waals surface area (Å²) in [5.74, 6) is 2.72. The molecule has 0 heterocycles. The third-order valence-corrected chi connectivity index (χ3v) is 6.25. The maximum absolute atomic E-state index is 11.5. The molecule has 0 saturated heterocycles. The van der Waals surface area contributed by atoms with E-state index in [1.54, 1.807) is 6.07 Å². The van der Waals surface area contributed by atoms with Crippen LogP contribution in [0.1, 0.15) is 49.7 Å². The number of carbonyl (C=O) groups is 1. The third-order valence-electron chi connectivity index (χ3n) is 6.25. The largest absolute Gasteiger partial charge is 0.508 e. The van der Waals surface area contributed by atoms with Gasteiger partial charge in [0.05, 0.1) is 13.5 Å². The van der Waals surface area contributed by atoms with Gasteiger partial charge in [-0.2, -0.15) is 0 Å². The van der Waals surface area contributed by atoms with E-state index in [1.807, 2.05) is 6.07 Å². The number of phenolic OH excluding ortho intramolecular Hbond substituents is 1. The molecule has 22 heavy (non-hydrogen) atoms. The average Bonchev–Trinajstić information content (AvgIpc) is 2.47. The first-order valence-electron chi connectivity index (χ1n) is 8.47. The van der Waals surface area contributed by atoms with Crippen LogP contribution in [0.5, 0.6) is 5.75 Å². The molecule has 4 aliphatic rings. The van der Waals surface area contributed by atoms with E-state index in [2.05, 4.69) is 6.07 Å². The van der Waals surface area contributed by atoms with E-state index < -0.39 is 0 Å². The number of rotatable bonds is 3. The van der Waals surface area contributed by atoms with Crippen molar-refractivity contribution in [3.63, 3.8) is 0 Å². The zero-order chi connectivity index (χ0) is 15.3. The van der Waals surface area contributed by atoms with Gasteiger partial charge in [0.1, 0.15) is 5.75 Å². The summed E-state index contributed by atoms with van der Waals surface area (Å²) in [7, 11) is 1.42. The molecule has 0 spiro atoms. The first kappa shape index (κ1) is 14.1. The Labute approximate surface area is 131 Å². The van der Waals surface area contributed by atoms with Crippen LogP contribution < -0.4 is 0 Å². The summed E-state index contributed by atoms with van der Waals surface area (Å²) < 4.78 is 4.77. The summed E-state index contributed by atoms with van der Waals surface area (Å²) in [5.41, 5.74) is 2.20. The van der Waals surface area contributed by atoms with Gasteiger partial charge in [0, 0.05) is 5.56 Å². The Bertz CT molecular complexity index is 569. The van der Waals surface area contributed by atoms with E-state index in [9.17, 15) is 9.90 Å². The fourth-order valence-corrected chi connectivity index (χ4v) is 5.80. The van der Waals surface area contributed by atoms with Crippen LogP contribution in [0.15, 0.2) is 18.2 Å². The standard InChI is InChI=1S/C19H24O3/c1-22-18(21)8-12-2-3-17(20)16(7-12)19-9-13-4-14(10-19)6-15(5-13)11-19/h2-3,7,13-15,20H,4-6,8-11H2,1H3. The van der Waals surface area contributed by atoms with Gasteiger partial charge in [0.2, 0.25) is 0 Å². The Morgan fingerprint density at radius 1 is 1.18 bits per heavy atom. The van der Waals surface area contributed by atoms with Crippen LogP contribution in [0.4, 0.5) is 0 Å². The molecule has 0 aromatic heterocycles. The van der Waals surface area contributed by atoms with Gasteiger partial charge in [0.25, 0.3) is 0 Å². The van der Waals surface area contributed by atoms with Crippen molar-refractivity contribution in [2.75, 3.05) is 7.11 Å². The Balaban J connectivity index is 1.69. The molecule has 1 N–H and O–H groups in total. The highest BCUT2D eigenvalue weighted by Gasteiger charge is 2.52. The van der Waals surface area contributed by atoms with Crippen molar-refractivity contribution in [2.45, 2.75) is 50.4 Å². The monoisotopic (exact) mass is 300 g/mol. The molecule has 3 heteroatoms. The fourth-order valence-electron chi connectivity index (χ4n) is 5.80. The van der Waals surface area contributed by atoms with E-state index in [4.69, 9.17) is 4.74 Å². The molecule has 4 fully saturated rings. The number of hydrogen-bond donors (Lipinski definition) is 1. The molecule has 0 unspecified atom stereocenters. The number of hydrogen-bond acceptors (Lipinski definition) is 3. The highest BCUT2D eigenvalue weighted by Crippen LogP contribution is 2.61. The van der Waals surface area contributed by atoms with Crippen LogP contribution in [0, 0.1) is 17.8 Å². The summed E-state index contributed by atoms with van der Waals surface area (Å²) in [6.45, 7) is 0. The lowest BCUT2D eigenvalue weighted by Crippen LogP contribution is -2.48. The Morgan fingerprint density at radius 3 is 2.32 bits per heavy atom. The van der Waals surface area contributed by atoms with Crippen molar-refractivity contribution < 1.29 is 14.6 Å². The van der Waals surface area contributed by atoms with Crippen molar-refractivity contribution in [1.29, 1.82) is 0 Å². The van der Waals surface area contributed by atoms with Gasteiger partial charge >= 0.3 is 5.97 Å². The molecule has 4 bridgehead atoms. The first-order valence-corrected chi connectivity index (χ1v) is 8.47. The molecule has 0 aliphatic heterocycles. The first-order chi connectivity index (χ1) is 10.6. The van der Waals surface area contributed by atoms with Gasteiger partial charge in [-0.1, -0.05) is 12.1 Å². The van der Waals surface area contributed by atoms with Gasteiger partial charge in [-0.25, -0.2) is 0 Å². The molecule has 0 atom stereocenters. The van der Waals surface area contributed by atoms with Gasteiger partial charge in [0.15, 0.2) is 0 Å². The van der Waals surface area contributed by atoms with Crippen molar-refractivity contribution in [2.24, 2.45) is 17.8 Å². The number of aromatic hydroxyl groups is 1. The summed E-state index contributed by atoms with van der Waals surface area (Å²) >= 11 is 0. The number of benzene rings is 1. The van der Waals surface area contributed by atoms with Gasteiger partial charge in [-0.15, -0.1) is 0 Å². The van der Waals surface area contributed by atoms with Crippen molar-refractivity contribution in [3.8, 4) is 5.75 Å². The lowest BCUT2D eigenvalue weighted by Gasteiger charge is -2.57. The predicted octanol–water partition coefficient (Wildman–Crippen LogP) is 3.58. The minimum atomic E-state index is -0.220. The van der Waals surface area contributed by atoms with Crippen molar-refractivity contribution in [1.82, 2.24) is 0 Å².